The van der Waals surface area contributed by atoms with Gasteiger partial charge in [-0.2, -0.15) is 13.2 Å². The van der Waals surface area contributed by atoms with Crippen molar-refractivity contribution in [2.24, 2.45) is 5.92 Å². The van der Waals surface area contributed by atoms with Crippen LogP contribution in [-0.4, -0.2) is 23.1 Å². The maximum absolute atomic E-state index is 13.2. The van der Waals surface area contributed by atoms with E-state index in [0.29, 0.717) is 23.7 Å². The van der Waals surface area contributed by atoms with Crippen molar-refractivity contribution < 1.29 is 18.0 Å². The number of carbonyl (C=O) groups is 1. The molecule has 1 aromatic heterocycles. The van der Waals surface area contributed by atoms with E-state index in [1.165, 1.54) is 0 Å². The number of benzene rings is 1. The van der Waals surface area contributed by atoms with Gasteiger partial charge < -0.3 is 10.3 Å². The van der Waals surface area contributed by atoms with Crippen molar-refractivity contribution in [2.75, 3.05) is 0 Å². The molecular formula is C17H17F3N2O2. The Morgan fingerprint density at radius 3 is 2.62 bits per heavy atom. The lowest BCUT2D eigenvalue weighted by molar-refractivity contribution is -0.187. The second kappa shape index (κ2) is 6.30. The SMILES string of the molecule is O=C(N[C@@H]1CCCC[C@@H]1C(F)(F)F)c1cc(=O)[nH]c2ccccc12. The van der Waals surface area contributed by atoms with Crippen molar-refractivity contribution in [3.05, 3.63) is 46.2 Å². The zero-order chi connectivity index (χ0) is 17.3. The number of alkyl halides is 3. The summed E-state index contributed by atoms with van der Waals surface area (Å²) >= 11 is 0. The standard InChI is InChI=1S/C17H17F3N2O2/c18-17(19,20)12-6-2-4-8-14(12)22-16(24)11-9-15(23)21-13-7-3-1-5-10(11)13/h1,3,5,7,9,12,14H,2,4,6,8H2,(H,21,23)(H,22,24)/t12-,14+/m0/s1. The van der Waals surface area contributed by atoms with Gasteiger partial charge in [0.1, 0.15) is 0 Å². The molecule has 1 amide bonds. The number of rotatable bonds is 2. The van der Waals surface area contributed by atoms with Gasteiger partial charge in [-0.3, -0.25) is 9.59 Å². The van der Waals surface area contributed by atoms with E-state index in [9.17, 15) is 22.8 Å². The number of carbonyl (C=O) groups excluding carboxylic acids is 1. The highest BCUT2D eigenvalue weighted by Crippen LogP contribution is 2.37. The van der Waals surface area contributed by atoms with E-state index in [4.69, 9.17) is 0 Å². The first kappa shape index (κ1) is 16.5. The summed E-state index contributed by atoms with van der Waals surface area (Å²) < 4.78 is 39.5. The first-order valence-electron chi connectivity index (χ1n) is 7.86. The zero-order valence-electron chi connectivity index (χ0n) is 12.8. The minimum absolute atomic E-state index is 0.0184. The largest absolute Gasteiger partial charge is 0.393 e. The first-order valence-corrected chi connectivity index (χ1v) is 7.86. The second-order valence-corrected chi connectivity index (χ2v) is 6.11. The smallest absolute Gasteiger partial charge is 0.349 e. The molecule has 0 saturated heterocycles. The third-order valence-electron chi connectivity index (χ3n) is 4.50. The van der Waals surface area contributed by atoms with Gasteiger partial charge in [-0.25, -0.2) is 0 Å². The van der Waals surface area contributed by atoms with Gasteiger partial charge >= 0.3 is 6.18 Å². The van der Waals surface area contributed by atoms with E-state index in [1.807, 2.05) is 0 Å². The van der Waals surface area contributed by atoms with Crippen molar-refractivity contribution in [1.82, 2.24) is 10.3 Å². The van der Waals surface area contributed by atoms with E-state index in [-0.39, 0.29) is 18.4 Å². The fourth-order valence-electron chi connectivity index (χ4n) is 3.33. The van der Waals surface area contributed by atoms with Crippen molar-refractivity contribution >= 4 is 16.8 Å². The Morgan fingerprint density at radius 2 is 1.88 bits per heavy atom. The normalized spacial score (nSPS) is 21.6. The van der Waals surface area contributed by atoms with Gasteiger partial charge in [0.15, 0.2) is 0 Å². The molecule has 3 rings (SSSR count). The monoisotopic (exact) mass is 338 g/mol. The zero-order valence-corrected chi connectivity index (χ0v) is 12.8. The van der Waals surface area contributed by atoms with Gasteiger partial charge in [0.2, 0.25) is 5.56 Å². The van der Waals surface area contributed by atoms with Crippen LogP contribution in [0.25, 0.3) is 10.9 Å². The minimum atomic E-state index is -4.34. The molecule has 4 nitrogen and oxygen atoms in total. The van der Waals surface area contributed by atoms with E-state index in [0.717, 1.165) is 6.07 Å². The van der Waals surface area contributed by atoms with Gasteiger partial charge in [0, 0.05) is 23.0 Å². The van der Waals surface area contributed by atoms with Crippen LogP contribution in [-0.2, 0) is 0 Å². The summed E-state index contributed by atoms with van der Waals surface area (Å²) in [5.74, 6) is -2.18. The lowest BCUT2D eigenvalue weighted by atomic mass is 9.84. The summed E-state index contributed by atoms with van der Waals surface area (Å²) in [7, 11) is 0. The minimum Gasteiger partial charge on any atom is -0.349 e. The number of para-hydroxylation sites is 1. The number of pyridine rings is 1. The highest BCUT2D eigenvalue weighted by atomic mass is 19.4. The molecule has 1 aliphatic rings. The van der Waals surface area contributed by atoms with Gasteiger partial charge in [0.25, 0.3) is 5.91 Å². The summed E-state index contributed by atoms with van der Waals surface area (Å²) in [6, 6.07) is 6.89. The molecule has 2 N–H and O–H groups in total. The lowest BCUT2D eigenvalue weighted by Crippen LogP contribution is -2.47. The average molecular weight is 338 g/mol. The second-order valence-electron chi connectivity index (χ2n) is 6.11. The van der Waals surface area contributed by atoms with Crippen LogP contribution in [0.15, 0.2) is 35.1 Å². The summed E-state index contributed by atoms with van der Waals surface area (Å²) in [6.07, 6.45) is -2.88. The Balaban J connectivity index is 1.91. The molecule has 0 radical (unpaired) electrons. The summed E-state index contributed by atoms with van der Waals surface area (Å²) in [5.41, 5.74) is 0.113. The lowest BCUT2D eigenvalue weighted by Gasteiger charge is -2.33. The van der Waals surface area contributed by atoms with Crippen LogP contribution in [0.4, 0.5) is 13.2 Å². The maximum Gasteiger partial charge on any atom is 0.393 e. The number of amides is 1. The van der Waals surface area contributed by atoms with Gasteiger partial charge in [-0.05, 0) is 18.9 Å². The summed E-state index contributed by atoms with van der Waals surface area (Å²) in [5, 5.41) is 3.01. The fraction of sp³-hybridized carbons (Fsp3) is 0.412. The highest BCUT2D eigenvalue weighted by molar-refractivity contribution is 6.06. The van der Waals surface area contributed by atoms with Crippen molar-refractivity contribution in [1.29, 1.82) is 0 Å². The Morgan fingerprint density at radius 1 is 1.17 bits per heavy atom. The molecule has 24 heavy (non-hydrogen) atoms. The third-order valence-corrected chi connectivity index (χ3v) is 4.50. The first-order chi connectivity index (χ1) is 11.4. The average Bonchev–Trinajstić information content (AvgIpc) is 2.53. The molecule has 1 fully saturated rings. The fourth-order valence-corrected chi connectivity index (χ4v) is 3.33. The molecule has 2 aromatic rings. The van der Waals surface area contributed by atoms with Crippen molar-refractivity contribution in [3.8, 4) is 0 Å². The Labute approximate surface area is 136 Å². The molecule has 128 valence electrons. The third kappa shape index (κ3) is 3.29. The number of hydrogen-bond donors (Lipinski definition) is 2. The molecular weight excluding hydrogens is 321 g/mol. The van der Waals surface area contributed by atoms with E-state index >= 15 is 0 Å². The number of halogens is 3. The number of hydrogen-bond acceptors (Lipinski definition) is 2. The number of aromatic amines is 1. The number of fused-ring (bicyclic) bond motifs is 1. The van der Waals surface area contributed by atoms with E-state index < -0.39 is 29.6 Å². The molecule has 1 saturated carbocycles. The van der Waals surface area contributed by atoms with E-state index in [2.05, 4.69) is 10.3 Å². The predicted octanol–water partition coefficient (Wildman–Crippen LogP) is 3.38. The van der Waals surface area contributed by atoms with Crippen LogP contribution < -0.4 is 10.9 Å². The highest BCUT2D eigenvalue weighted by Gasteiger charge is 2.46. The molecule has 1 heterocycles. The van der Waals surface area contributed by atoms with Crippen LogP contribution in [0.5, 0.6) is 0 Å². The Kier molecular flexibility index (Phi) is 4.34. The molecule has 0 aliphatic heterocycles. The number of aromatic nitrogens is 1. The molecule has 0 unspecified atom stereocenters. The summed E-state index contributed by atoms with van der Waals surface area (Å²) in [4.78, 5) is 26.8. The number of nitrogens with one attached hydrogen (secondary N) is 2. The van der Waals surface area contributed by atoms with Crippen LogP contribution in [0.1, 0.15) is 36.0 Å². The predicted molar refractivity (Wildman–Crippen MR) is 83.8 cm³/mol. The maximum atomic E-state index is 13.2. The van der Waals surface area contributed by atoms with Gasteiger partial charge in [-0.1, -0.05) is 31.0 Å². The van der Waals surface area contributed by atoms with Crippen LogP contribution in [0.2, 0.25) is 0 Å². The van der Waals surface area contributed by atoms with Gasteiger partial charge in [0.05, 0.1) is 11.5 Å². The topological polar surface area (TPSA) is 62.0 Å². The Hall–Kier alpha value is -2.31. The van der Waals surface area contributed by atoms with Gasteiger partial charge in [-0.15, -0.1) is 0 Å². The van der Waals surface area contributed by atoms with Crippen LogP contribution in [0.3, 0.4) is 0 Å². The molecule has 1 aliphatic carbocycles. The van der Waals surface area contributed by atoms with Crippen LogP contribution >= 0.6 is 0 Å². The molecule has 7 heteroatoms. The molecule has 0 spiro atoms. The molecule has 2 atom stereocenters. The summed E-state index contributed by atoms with van der Waals surface area (Å²) in [6.45, 7) is 0. The Bertz CT molecular complexity index is 813. The van der Waals surface area contributed by atoms with Crippen molar-refractivity contribution in [3.63, 3.8) is 0 Å². The number of H-pyrrole nitrogens is 1. The quantitative estimate of drug-likeness (QED) is 0.882. The molecule has 0 bridgehead atoms. The van der Waals surface area contributed by atoms with Crippen molar-refractivity contribution in [2.45, 2.75) is 37.9 Å². The van der Waals surface area contributed by atoms with Crippen LogP contribution in [0, 0.1) is 5.92 Å². The molecule has 1 aromatic carbocycles. The van der Waals surface area contributed by atoms with E-state index in [1.54, 1.807) is 24.3 Å².